The summed E-state index contributed by atoms with van der Waals surface area (Å²) in [6, 6.07) is 14.2. The third-order valence-corrected chi connectivity index (χ3v) is 7.44. The monoisotopic (exact) mass is 500 g/mol. The maximum atomic E-state index is 13.1. The third kappa shape index (κ3) is 6.01. The molecule has 2 aromatic heterocycles. The van der Waals surface area contributed by atoms with Crippen LogP contribution in [0.1, 0.15) is 60.5 Å². The number of rotatable bonds is 7. The summed E-state index contributed by atoms with van der Waals surface area (Å²) in [6.07, 6.45) is 2.05. The van der Waals surface area contributed by atoms with E-state index in [2.05, 4.69) is 28.4 Å². The predicted octanol–water partition coefficient (Wildman–Crippen LogP) is 6.28. The molecule has 1 fully saturated rings. The summed E-state index contributed by atoms with van der Waals surface area (Å²) in [6.45, 7) is 9.34. The number of anilines is 1. The summed E-state index contributed by atoms with van der Waals surface area (Å²) < 4.78 is 7.58. The summed E-state index contributed by atoms with van der Waals surface area (Å²) >= 11 is 7.62. The molecule has 0 radical (unpaired) electrons. The Hall–Kier alpha value is -2.35. The van der Waals surface area contributed by atoms with Crippen molar-refractivity contribution in [2.75, 3.05) is 25.5 Å². The van der Waals surface area contributed by atoms with E-state index in [0.717, 1.165) is 59.0 Å². The van der Waals surface area contributed by atoms with Crippen molar-refractivity contribution in [1.29, 1.82) is 0 Å². The molecule has 1 saturated heterocycles. The van der Waals surface area contributed by atoms with Crippen molar-refractivity contribution >= 4 is 34.7 Å². The molecule has 1 aromatic carbocycles. The van der Waals surface area contributed by atoms with E-state index in [0.29, 0.717) is 12.5 Å². The van der Waals surface area contributed by atoms with Crippen LogP contribution in [0.4, 0.5) is 5.82 Å². The number of nitrogens with one attached hydrogen (secondary N) is 1. The highest BCUT2D eigenvalue weighted by atomic mass is 35.5. The zero-order valence-corrected chi connectivity index (χ0v) is 21.9. The zero-order chi connectivity index (χ0) is 24.3. The molecule has 3 heterocycles. The average Bonchev–Trinajstić information content (AvgIpc) is 3.43. The molecule has 1 aliphatic rings. The average molecular weight is 501 g/mol. The SMILES string of the molecule is COc1ccc(CN2CCC(c3cc(NCc4ccc(Cl)s4)n(C(=O)C(C)(C)C)n3)CC2)cc1. The molecule has 0 bridgehead atoms. The largest absolute Gasteiger partial charge is 0.497 e. The van der Waals surface area contributed by atoms with Crippen molar-refractivity contribution in [3.63, 3.8) is 0 Å². The van der Waals surface area contributed by atoms with Crippen molar-refractivity contribution < 1.29 is 9.53 Å². The maximum absolute atomic E-state index is 13.1. The fraction of sp³-hybridized carbons (Fsp3) is 0.462. The molecule has 34 heavy (non-hydrogen) atoms. The van der Waals surface area contributed by atoms with Crippen LogP contribution in [0.25, 0.3) is 0 Å². The number of methoxy groups -OCH3 is 1. The first-order valence-electron chi connectivity index (χ1n) is 11.7. The third-order valence-electron chi connectivity index (χ3n) is 6.21. The predicted molar refractivity (Wildman–Crippen MR) is 139 cm³/mol. The Kier molecular flexibility index (Phi) is 7.65. The smallest absolute Gasteiger partial charge is 0.254 e. The van der Waals surface area contributed by atoms with Crippen LogP contribution in [0, 0.1) is 5.41 Å². The van der Waals surface area contributed by atoms with Crippen molar-refractivity contribution in [2.45, 2.75) is 52.6 Å². The normalized spacial score (nSPS) is 15.4. The quantitative estimate of drug-likeness (QED) is 0.413. The number of hydrogen-bond acceptors (Lipinski definition) is 6. The summed E-state index contributed by atoms with van der Waals surface area (Å²) in [4.78, 5) is 16.7. The summed E-state index contributed by atoms with van der Waals surface area (Å²) in [7, 11) is 1.69. The topological polar surface area (TPSA) is 59.4 Å². The Bertz CT molecular complexity index is 1110. The second kappa shape index (κ2) is 10.5. The van der Waals surface area contributed by atoms with E-state index in [1.165, 1.54) is 5.56 Å². The van der Waals surface area contributed by atoms with Crippen molar-refractivity contribution in [1.82, 2.24) is 14.7 Å². The van der Waals surface area contributed by atoms with E-state index in [9.17, 15) is 4.79 Å². The van der Waals surface area contributed by atoms with Gasteiger partial charge in [-0.3, -0.25) is 9.69 Å². The van der Waals surface area contributed by atoms with Gasteiger partial charge in [0.25, 0.3) is 5.91 Å². The van der Waals surface area contributed by atoms with Crippen LogP contribution in [0.3, 0.4) is 0 Å². The van der Waals surface area contributed by atoms with Gasteiger partial charge in [-0.1, -0.05) is 44.5 Å². The molecule has 4 rings (SSSR count). The van der Waals surface area contributed by atoms with Crippen LogP contribution in [0.15, 0.2) is 42.5 Å². The van der Waals surface area contributed by atoms with Gasteiger partial charge in [0.15, 0.2) is 0 Å². The molecule has 0 spiro atoms. The fourth-order valence-corrected chi connectivity index (χ4v) is 5.23. The Morgan fingerprint density at radius 3 is 2.47 bits per heavy atom. The minimum atomic E-state index is -0.520. The molecular formula is C26H33ClN4O2S. The summed E-state index contributed by atoms with van der Waals surface area (Å²) in [5, 5.41) is 8.21. The number of thiophene rings is 1. The van der Waals surface area contributed by atoms with E-state index < -0.39 is 5.41 Å². The van der Waals surface area contributed by atoms with Crippen molar-refractivity contribution in [3.05, 3.63) is 62.9 Å². The highest BCUT2D eigenvalue weighted by Gasteiger charge is 2.29. The van der Waals surface area contributed by atoms with Gasteiger partial charge in [0.1, 0.15) is 11.6 Å². The number of halogens is 1. The van der Waals surface area contributed by atoms with E-state index in [1.807, 2.05) is 45.0 Å². The minimum absolute atomic E-state index is 0.0117. The Morgan fingerprint density at radius 2 is 1.88 bits per heavy atom. The van der Waals surface area contributed by atoms with Gasteiger partial charge in [-0.2, -0.15) is 9.78 Å². The van der Waals surface area contributed by atoms with Crippen molar-refractivity contribution in [2.24, 2.45) is 5.41 Å². The van der Waals surface area contributed by atoms with E-state index in [1.54, 1.807) is 23.1 Å². The summed E-state index contributed by atoms with van der Waals surface area (Å²) in [5.74, 6) is 1.97. The Labute approximate surface area is 210 Å². The van der Waals surface area contributed by atoms with Gasteiger partial charge in [-0.15, -0.1) is 11.3 Å². The lowest BCUT2D eigenvalue weighted by atomic mass is 9.93. The zero-order valence-electron chi connectivity index (χ0n) is 20.3. The van der Waals surface area contributed by atoms with Crippen LogP contribution in [-0.2, 0) is 13.1 Å². The van der Waals surface area contributed by atoms with Gasteiger partial charge in [-0.05, 0) is 55.8 Å². The number of likely N-dealkylation sites (tertiary alicyclic amines) is 1. The molecule has 1 N–H and O–H groups in total. The number of carbonyl (C=O) groups excluding carboxylic acids is 1. The Morgan fingerprint density at radius 1 is 1.18 bits per heavy atom. The second-order valence-corrected chi connectivity index (χ2v) is 11.7. The van der Waals surface area contributed by atoms with Gasteiger partial charge < -0.3 is 10.1 Å². The van der Waals surface area contributed by atoms with E-state index in [-0.39, 0.29) is 5.91 Å². The molecule has 0 aliphatic carbocycles. The van der Waals surface area contributed by atoms with Gasteiger partial charge in [0.05, 0.1) is 23.7 Å². The second-order valence-electron chi connectivity index (χ2n) is 9.88. The van der Waals surface area contributed by atoms with Gasteiger partial charge in [0.2, 0.25) is 0 Å². The van der Waals surface area contributed by atoms with Crippen molar-refractivity contribution in [3.8, 4) is 5.75 Å². The fourth-order valence-electron chi connectivity index (χ4n) is 4.20. The van der Waals surface area contributed by atoms with Gasteiger partial charge in [-0.25, -0.2) is 0 Å². The number of piperidine rings is 1. The molecule has 0 atom stereocenters. The first-order chi connectivity index (χ1) is 16.2. The number of carbonyl (C=O) groups is 1. The molecule has 0 saturated carbocycles. The highest BCUT2D eigenvalue weighted by molar-refractivity contribution is 7.16. The standard InChI is InChI=1S/C26H33ClN4O2S/c1-26(2,3)25(32)31-24(28-16-21-9-10-23(27)34-21)15-22(29-31)19-11-13-30(14-12-19)17-18-5-7-20(33-4)8-6-18/h5-10,15,19,28H,11-14,16-17H2,1-4H3. The van der Waals surface area contributed by atoms with Crippen LogP contribution in [0.2, 0.25) is 4.34 Å². The van der Waals surface area contributed by atoms with E-state index >= 15 is 0 Å². The minimum Gasteiger partial charge on any atom is -0.497 e. The molecule has 0 amide bonds. The van der Waals surface area contributed by atoms with Crippen LogP contribution in [0.5, 0.6) is 5.75 Å². The number of ether oxygens (including phenoxy) is 1. The molecular weight excluding hydrogens is 468 g/mol. The number of hydrogen-bond donors (Lipinski definition) is 1. The lowest BCUT2D eigenvalue weighted by Gasteiger charge is -2.31. The first kappa shape index (κ1) is 24.8. The number of aromatic nitrogens is 2. The lowest BCUT2D eigenvalue weighted by molar-refractivity contribution is 0.0750. The highest BCUT2D eigenvalue weighted by Crippen LogP contribution is 2.31. The lowest BCUT2D eigenvalue weighted by Crippen LogP contribution is -2.33. The molecule has 1 aliphatic heterocycles. The van der Waals surface area contributed by atoms with Crippen LogP contribution < -0.4 is 10.1 Å². The first-order valence-corrected chi connectivity index (χ1v) is 12.9. The van der Waals surface area contributed by atoms with Gasteiger partial charge >= 0.3 is 0 Å². The molecule has 6 nitrogen and oxygen atoms in total. The van der Waals surface area contributed by atoms with Crippen LogP contribution >= 0.6 is 22.9 Å². The molecule has 182 valence electrons. The van der Waals surface area contributed by atoms with E-state index in [4.69, 9.17) is 21.4 Å². The van der Waals surface area contributed by atoms with Gasteiger partial charge in [0, 0.05) is 28.8 Å². The molecule has 3 aromatic rings. The maximum Gasteiger partial charge on any atom is 0.254 e. The molecule has 8 heteroatoms. The Balaban J connectivity index is 1.43. The van der Waals surface area contributed by atoms with Crippen LogP contribution in [-0.4, -0.2) is 40.8 Å². The number of nitrogens with zero attached hydrogens (tertiary/aromatic N) is 3. The molecule has 0 unspecified atom stereocenters. The number of benzene rings is 1. The summed E-state index contributed by atoms with van der Waals surface area (Å²) in [5.41, 5.74) is 1.76.